The van der Waals surface area contributed by atoms with Crippen LogP contribution < -0.4 is 31.9 Å². The summed E-state index contributed by atoms with van der Waals surface area (Å²) in [6, 6.07) is 3.48. The summed E-state index contributed by atoms with van der Waals surface area (Å²) < 4.78 is 20.6. The molecule has 0 fully saturated rings. The van der Waals surface area contributed by atoms with Gasteiger partial charge in [0.2, 0.25) is 17.7 Å². The highest BCUT2D eigenvalue weighted by Gasteiger charge is 2.34. The molecule has 0 bridgehead atoms. The van der Waals surface area contributed by atoms with Gasteiger partial charge in [-0.3, -0.25) is 14.4 Å². The van der Waals surface area contributed by atoms with Crippen LogP contribution >= 0.6 is 0 Å². The number of carbonyl (C=O) groups excluding carboxylic acids is 7. The lowest BCUT2D eigenvalue weighted by Gasteiger charge is -2.27. The molecule has 18 nitrogen and oxygen atoms in total. The highest BCUT2D eigenvalue weighted by molar-refractivity contribution is 5.95. The van der Waals surface area contributed by atoms with E-state index >= 15 is 0 Å². The fourth-order valence-corrected chi connectivity index (χ4v) is 5.07. The van der Waals surface area contributed by atoms with Gasteiger partial charge in [-0.05, 0) is 73.3 Å². The summed E-state index contributed by atoms with van der Waals surface area (Å²) >= 11 is 0. The third-order valence-corrected chi connectivity index (χ3v) is 7.87. The van der Waals surface area contributed by atoms with E-state index in [0.717, 1.165) is 31.9 Å². The number of nitrogens with one attached hydrogen (secondary N) is 6. The van der Waals surface area contributed by atoms with Crippen molar-refractivity contribution in [1.29, 1.82) is 0 Å². The number of benzene rings is 1. The van der Waals surface area contributed by atoms with Gasteiger partial charge < -0.3 is 56.0 Å². The molecule has 5 atom stereocenters. The van der Waals surface area contributed by atoms with Crippen LogP contribution in [-0.2, 0) is 44.7 Å². The maximum atomic E-state index is 13.8. The summed E-state index contributed by atoms with van der Waals surface area (Å²) in [6.07, 6.45) is -0.825. The Balaban J connectivity index is 3.23. The molecule has 0 saturated carbocycles. The van der Waals surface area contributed by atoms with Crippen molar-refractivity contribution in [1.82, 2.24) is 31.9 Å². The number of amides is 6. The average molecular weight is 809 g/mol. The summed E-state index contributed by atoms with van der Waals surface area (Å²) in [4.78, 5) is 90.9. The van der Waals surface area contributed by atoms with Crippen molar-refractivity contribution in [2.75, 3.05) is 20.2 Å². The normalized spacial score (nSPS) is 13.9. The van der Waals surface area contributed by atoms with Crippen LogP contribution in [-0.4, -0.2) is 109 Å². The van der Waals surface area contributed by atoms with E-state index in [-0.39, 0.29) is 39.0 Å². The molecule has 0 radical (unpaired) electrons. The predicted octanol–water partition coefficient (Wildman–Crippen LogP) is 3.09. The zero-order chi connectivity index (χ0) is 43.2. The zero-order valence-corrected chi connectivity index (χ0v) is 34.8. The topological polar surface area (TPSA) is 249 Å². The van der Waals surface area contributed by atoms with Crippen LogP contribution in [0.2, 0.25) is 0 Å². The first kappa shape index (κ1) is 49.9. The number of aliphatic hydroxyl groups excluding tert-OH is 1. The maximum Gasteiger partial charge on any atom is 0.408 e. The Morgan fingerprint density at radius 1 is 0.649 bits per heavy atom. The quantitative estimate of drug-likeness (QED) is 0.0508. The summed E-state index contributed by atoms with van der Waals surface area (Å²) in [5.74, 6) is -3.49. The lowest BCUT2D eigenvalue weighted by atomic mass is 10.0. The minimum Gasteiger partial charge on any atom is -0.467 e. The number of hydrogen-bond acceptors (Lipinski definition) is 12. The molecule has 0 aliphatic heterocycles. The minimum atomic E-state index is -1.64. The summed E-state index contributed by atoms with van der Waals surface area (Å²) in [7, 11) is 1.10. The third kappa shape index (κ3) is 22.3. The van der Waals surface area contributed by atoms with Crippen LogP contribution in [0.1, 0.15) is 106 Å². The number of carbonyl (C=O) groups is 7. The number of unbranched alkanes of at least 4 members (excludes halogenated alkanes) is 3. The molecular formula is C39H64N6O12. The molecule has 18 heteroatoms. The highest BCUT2D eigenvalue weighted by atomic mass is 16.6. The Kier molecular flexibility index (Phi) is 22.0. The van der Waals surface area contributed by atoms with Crippen LogP contribution in [0.15, 0.2) is 30.3 Å². The first-order chi connectivity index (χ1) is 26.6. The van der Waals surface area contributed by atoms with Crippen LogP contribution in [0.4, 0.5) is 14.4 Å². The fraction of sp³-hybridized carbons (Fsp3) is 0.667. The summed E-state index contributed by atoms with van der Waals surface area (Å²) in [5, 5.41) is 25.6. The standard InChI is InChI=1S/C39H64N6O12/c1-10-11-12-16-19-27(44-37(53)55-24-26-17-14-13-15-18-26)31(47)42-28(20-22-40-35(51)56-38(3,4)5)32(48)45-30(25(2)46)33(49)43-29(34(50)54-9)21-23-41-36(52)57-39(6,7)8/h13-15,17-18,25,27-30,46H,10-12,16,19-24H2,1-9H3,(H,40,51)(H,41,52)(H,42,47)(H,43,49)(H,44,53)(H,45,48)/t25-,27+,28+,29+,30+/m1/s1. The van der Waals surface area contributed by atoms with Crippen molar-refractivity contribution >= 4 is 42.0 Å². The molecule has 1 aromatic carbocycles. The lowest BCUT2D eigenvalue weighted by molar-refractivity contribution is -0.146. The molecule has 1 rings (SSSR count). The second kappa shape index (κ2) is 25.2. The van der Waals surface area contributed by atoms with Crippen molar-refractivity contribution in [2.45, 2.75) is 148 Å². The van der Waals surface area contributed by atoms with Crippen LogP contribution in [0.25, 0.3) is 0 Å². The van der Waals surface area contributed by atoms with Crippen LogP contribution in [0.3, 0.4) is 0 Å². The molecule has 0 saturated heterocycles. The maximum absolute atomic E-state index is 13.8. The Morgan fingerprint density at radius 2 is 1.16 bits per heavy atom. The molecule has 0 aliphatic rings. The van der Waals surface area contributed by atoms with E-state index in [9.17, 15) is 38.7 Å². The highest BCUT2D eigenvalue weighted by Crippen LogP contribution is 2.11. The van der Waals surface area contributed by atoms with Gasteiger partial charge in [0.25, 0.3) is 0 Å². The van der Waals surface area contributed by atoms with Crippen LogP contribution in [0.5, 0.6) is 0 Å². The van der Waals surface area contributed by atoms with E-state index in [1.807, 2.05) is 13.0 Å². The predicted molar refractivity (Wildman–Crippen MR) is 210 cm³/mol. The van der Waals surface area contributed by atoms with E-state index in [0.29, 0.717) is 6.42 Å². The number of ether oxygens (including phenoxy) is 4. The Hall–Kier alpha value is -5.13. The number of aliphatic hydroxyl groups is 1. The molecule has 1 aromatic rings. The monoisotopic (exact) mass is 808 g/mol. The van der Waals surface area contributed by atoms with E-state index < -0.39 is 83.4 Å². The van der Waals surface area contributed by atoms with Crippen LogP contribution in [0, 0.1) is 0 Å². The molecule has 0 spiro atoms. The fourth-order valence-electron chi connectivity index (χ4n) is 5.07. The number of rotatable bonds is 22. The SMILES string of the molecule is CCCCCC[C@H](NC(=O)OCc1ccccc1)C(=O)N[C@@H](CCNC(=O)OC(C)(C)C)C(=O)N[C@H](C(=O)N[C@@H](CCNC(=O)OC(C)(C)C)C(=O)OC)[C@@H](C)O. The molecule has 0 unspecified atom stereocenters. The Morgan fingerprint density at radius 3 is 1.67 bits per heavy atom. The van der Waals surface area contributed by atoms with Crippen molar-refractivity contribution in [3.63, 3.8) is 0 Å². The second-order valence-corrected chi connectivity index (χ2v) is 15.4. The van der Waals surface area contributed by atoms with Gasteiger partial charge in [0, 0.05) is 13.1 Å². The molecule has 6 amide bonds. The summed E-state index contributed by atoms with van der Waals surface area (Å²) in [6.45, 7) is 13.0. The molecule has 7 N–H and O–H groups in total. The molecule has 57 heavy (non-hydrogen) atoms. The largest absolute Gasteiger partial charge is 0.467 e. The first-order valence-corrected chi connectivity index (χ1v) is 19.2. The molecule has 0 heterocycles. The number of methoxy groups -OCH3 is 1. The van der Waals surface area contributed by atoms with Crippen molar-refractivity contribution in [3.8, 4) is 0 Å². The number of esters is 1. The first-order valence-electron chi connectivity index (χ1n) is 19.2. The molecule has 0 aliphatic carbocycles. The molecule has 0 aromatic heterocycles. The van der Waals surface area contributed by atoms with E-state index in [1.54, 1.807) is 65.8 Å². The second-order valence-electron chi connectivity index (χ2n) is 15.4. The zero-order valence-electron chi connectivity index (χ0n) is 34.8. The lowest BCUT2D eigenvalue weighted by Crippen LogP contribution is -2.60. The van der Waals surface area contributed by atoms with E-state index in [1.165, 1.54) is 6.92 Å². The minimum absolute atomic E-state index is 0.0436. The number of alkyl carbamates (subject to hydrolysis) is 3. The Labute approximate surface area is 335 Å². The number of hydrogen-bond donors (Lipinski definition) is 7. The van der Waals surface area contributed by atoms with Gasteiger partial charge in [0.1, 0.15) is 42.0 Å². The van der Waals surface area contributed by atoms with Crippen molar-refractivity contribution in [2.24, 2.45) is 0 Å². The van der Waals surface area contributed by atoms with Gasteiger partial charge in [-0.25, -0.2) is 19.2 Å². The average Bonchev–Trinajstić information content (AvgIpc) is 3.11. The molecule has 322 valence electrons. The van der Waals surface area contributed by atoms with E-state index in [2.05, 4.69) is 31.9 Å². The van der Waals surface area contributed by atoms with Gasteiger partial charge in [0.15, 0.2) is 0 Å². The van der Waals surface area contributed by atoms with Gasteiger partial charge in [-0.2, -0.15) is 0 Å². The third-order valence-electron chi connectivity index (χ3n) is 7.87. The molecular weight excluding hydrogens is 744 g/mol. The van der Waals surface area contributed by atoms with Crippen molar-refractivity contribution < 1.29 is 57.6 Å². The van der Waals surface area contributed by atoms with Gasteiger partial charge in [-0.1, -0.05) is 62.9 Å². The van der Waals surface area contributed by atoms with Gasteiger partial charge in [0.05, 0.1) is 13.2 Å². The Bertz CT molecular complexity index is 1450. The van der Waals surface area contributed by atoms with Crippen molar-refractivity contribution in [3.05, 3.63) is 35.9 Å². The van der Waals surface area contributed by atoms with E-state index in [4.69, 9.17) is 18.9 Å². The smallest absolute Gasteiger partial charge is 0.408 e. The van der Waals surface area contributed by atoms with Gasteiger partial charge in [-0.15, -0.1) is 0 Å². The summed E-state index contributed by atoms with van der Waals surface area (Å²) in [5.41, 5.74) is -0.850. The van der Waals surface area contributed by atoms with Gasteiger partial charge >= 0.3 is 24.2 Å².